The van der Waals surface area contributed by atoms with Crippen LogP contribution < -0.4 is 11.1 Å². The number of carboxylic acid groups (broad SMARTS) is 2. The van der Waals surface area contributed by atoms with Crippen LogP contribution >= 0.6 is 0 Å². The summed E-state index contributed by atoms with van der Waals surface area (Å²) in [5.41, 5.74) is 10.8. The van der Waals surface area contributed by atoms with Crippen LogP contribution in [-0.2, 0) is 59.7 Å². The molecule has 0 bridgehead atoms. The monoisotopic (exact) mass is 658 g/mol. The van der Waals surface area contributed by atoms with Gasteiger partial charge < -0.3 is 30.8 Å². The molecule has 2 aliphatic rings. The number of hydrogen-bond donors (Lipinski definition) is 4. The first kappa shape index (κ1) is 42.7. The van der Waals surface area contributed by atoms with Crippen molar-refractivity contribution >= 4 is 30.3 Å². The fourth-order valence-electron chi connectivity index (χ4n) is 4.61. The zero-order chi connectivity index (χ0) is 35.3. The zero-order valence-corrected chi connectivity index (χ0v) is 27.5. The molecule has 5 N–H and O–H groups in total. The number of rotatable bonds is 11. The van der Waals surface area contributed by atoms with E-state index in [1.165, 1.54) is 74.1 Å². The van der Waals surface area contributed by atoms with E-state index in [-0.39, 0.29) is 18.7 Å². The van der Waals surface area contributed by atoms with Crippen molar-refractivity contribution in [2.24, 2.45) is 5.73 Å². The minimum absolute atomic E-state index is 0.194. The van der Waals surface area contributed by atoms with Crippen molar-refractivity contribution in [1.29, 1.82) is 0 Å². The molecule has 0 spiro atoms. The second-order valence-electron chi connectivity index (χ2n) is 10.5. The standard InChI is InChI=1S/C16H24N2O2.C12H18N2.C3H6O.C2H2O4.CO2/c1-2-20-16(19)12-17-11-14-6-5-7-15(10-14)13-18-8-3-4-9-18;13-9-11-4-3-5-12(8-11)10-14-6-1-2-7-14;1-2-3-4;3-1(4)2(5)6;2-1-3/h5-7,10,17H,2-4,8-9,11-13H2,1H3;3-5,8H,1-2,6-7,9-10,13H2;3H,2H2,1H3;(H,3,4)(H,5,6);. The molecule has 0 radical (unpaired) electrons. The van der Waals surface area contributed by atoms with Gasteiger partial charge in [-0.1, -0.05) is 55.5 Å². The van der Waals surface area contributed by atoms with Gasteiger partial charge in [0.25, 0.3) is 0 Å². The fraction of sp³-hybridized carbons (Fsp3) is 0.500. The normalized spacial score (nSPS) is 13.4. The van der Waals surface area contributed by atoms with Gasteiger partial charge in [-0.05, 0) is 81.0 Å². The number of hydrogen-bond acceptors (Lipinski definition) is 11. The Labute approximate surface area is 277 Å². The Hall–Kier alpha value is -4.26. The van der Waals surface area contributed by atoms with Gasteiger partial charge in [0.15, 0.2) is 0 Å². The van der Waals surface area contributed by atoms with E-state index in [1.807, 2.05) is 13.8 Å². The van der Waals surface area contributed by atoms with Gasteiger partial charge in [0.1, 0.15) is 6.29 Å². The number of carboxylic acids is 2. The third-order valence-corrected chi connectivity index (χ3v) is 6.68. The van der Waals surface area contributed by atoms with Crippen molar-refractivity contribution in [2.75, 3.05) is 39.3 Å². The molecule has 0 aliphatic carbocycles. The zero-order valence-electron chi connectivity index (χ0n) is 27.5. The van der Waals surface area contributed by atoms with Gasteiger partial charge in [0.2, 0.25) is 0 Å². The van der Waals surface area contributed by atoms with Crippen molar-refractivity contribution in [2.45, 2.75) is 72.1 Å². The van der Waals surface area contributed by atoms with Crippen LogP contribution in [0.4, 0.5) is 0 Å². The largest absolute Gasteiger partial charge is 0.473 e. The van der Waals surface area contributed by atoms with Gasteiger partial charge in [-0.3, -0.25) is 14.6 Å². The molecule has 4 rings (SSSR count). The Bertz CT molecular complexity index is 1200. The van der Waals surface area contributed by atoms with Crippen LogP contribution in [0.2, 0.25) is 0 Å². The number of nitrogens with one attached hydrogen (secondary N) is 1. The van der Waals surface area contributed by atoms with E-state index in [4.69, 9.17) is 39.9 Å². The van der Waals surface area contributed by atoms with Crippen molar-refractivity contribution in [1.82, 2.24) is 15.1 Å². The summed E-state index contributed by atoms with van der Waals surface area (Å²) in [7, 11) is 0. The topological polar surface area (TPSA) is 197 Å². The van der Waals surface area contributed by atoms with Crippen molar-refractivity contribution in [3.63, 3.8) is 0 Å². The third-order valence-electron chi connectivity index (χ3n) is 6.68. The Morgan fingerprint density at radius 1 is 0.830 bits per heavy atom. The lowest BCUT2D eigenvalue weighted by Gasteiger charge is -2.15. The Balaban J connectivity index is 0.000000676. The molecule has 0 amide bonds. The van der Waals surface area contributed by atoms with Crippen molar-refractivity contribution in [3.05, 3.63) is 70.8 Å². The van der Waals surface area contributed by atoms with Crippen molar-refractivity contribution in [3.8, 4) is 0 Å². The molecule has 47 heavy (non-hydrogen) atoms. The molecule has 2 heterocycles. The van der Waals surface area contributed by atoms with Crippen LogP contribution in [0, 0.1) is 0 Å². The quantitative estimate of drug-likeness (QED) is 0.156. The van der Waals surface area contributed by atoms with Crippen LogP contribution in [-0.4, -0.2) is 89.7 Å². The van der Waals surface area contributed by atoms with Gasteiger partial charge in [-0.2, -0.15) is 9.59 Å². The maximum absolute atomic E-state index is 11.2. The van der Waals surface area contributed by atoms with Gasteiger partial charge in [-0.25, -0.2) is 9.59 Å². The third kappa shape index (κ3) is 22.8. The average molecular weight is 659 g/mol. The molecule has 13 nitrogen and oxygen atoms in total. The number of aliphatic carboxylic acids is 2. The number of ether oxygens (including phenoxy) is 1. The summed E-state index contributed by atoms with van der Waals surface area (Å²) in [6.45, 7) is 12.7. The number of nitrogens with zero attached hydrogens (tertiary/aromatic N) is 2. The van der Waals surface area contributed by atoms with Gasteiger partial charge >= 0.3 is 24.1 Å². The molecule has 0 aromatic heterocycles. The van der Waals surface area contributed by atoms with Gasteiger partial charge in [0, 0.05) is 32.6 Å². The summed E-state index contributed by atoms with van der Waals surface area (Å²) in [5.74, 6) is -3.84. The summed E-state index contributed by atoms with van der Waals surface area (Å²) in [6, 6.07) is 17.2. The van der Waals surface area contributed by atoms with E-state index < -0.39 is 11.9 Å². The summed E-state index contributed by atoms with van der Waals surface area (Å²) in [5, 5.41) is 17.9. The number of carbonyl (C=O) groups is 4. The van der Waals surface area contributed by atoms with E-state index in [9.17, 15) is 9.59 Å². The highest BCUT2D eigenvalue weighted by molar-refractivity contribution is 6.27. The predicted octanol–water partition coefficient (Wildman–Crippen LogP) is 2.84. The first-order valence-electron chi connectivity index (χ1n) is 15.7. The second kappa shape index (κ2) is 28.0. The first-order chi connectivity index (χ1) is 22.6. The van der Waals surface area contributed by atoms with Crippen LogP contribution in [0.25, 0.3) is 0 Å². The van der Waals surface area contributed by atoms with E-state index in [2.05, 4.69) is 63.6 Å². The lowest BCUT2D eigenvalue weighted by Crippen LogP contribution is -2.24. The second-order valence-corrected chi connectivity index (χ2v) is 10.5. The number of benzene rings is 2. The van der Waals surface area contributed by atoms with E-state index >= 15 is 0 Å². The van der Waals surface area contributed by atoms with E-state index in [1.54, 1.807) is 0 Å². The minimum atomic E-state index is -1.82. The Morgan fingerprint density at radius 2 is 1.23 bits per heavy atom. The van der Waals surface area contributed by atoms with Crippen LogP contribution in [0.5, 0.6) is 0 Å². The van der Waals surface area contributed by atoms with Crippen LogP contribution in [0.1, 0.15) is 68.2 Å². The van der Waals surface area contributed by atoms with Gasteiger partial charge in [-0.15, -0.1) is 0 Å². The highest BCUT2D eigenvalue weighted by Gasteiger charge is 2.12. The number of aldehydes is 1. The molecule has 2 aliphatic heterocycles. The van der Waals surface area contributed by atoms with Crippen LogP contribution in [0.15, 0.2) is 48.5 Å². The van der Waals surface area contributed by atoms with Gasteiger partial charge in [0.05, 0.1) is 13.2 Å². The predicted molar refractivity (Wildman–Crippen MR) is 175 cm³/mol. The minimum Gasteiger partial charge on any atom is -0.473 e. The molecule has 13 heteroatoms. The van der Waals surface area contributed by atoms with E-state index in [0.717, 1.165) is 19.4 Å². The first-order valence-corrected chi connectivity index (χ1v) is 15.7. The molecular formula is C34H50N4O9. The highest BCUT2D eigenvalue weighted by Crippen LogP contribution is 2.14. The van der Waals surface area contributed by atoms with Crippen LogP contribution in [0.3, 0.4) is 0 Å². The van der Waals surface area contributed by atoms with Crippen molar-refractivity contribution < 1.29 is 43.7 Å². The average Bonchev–Trinajstić information content (AvgIpc) is 3.77. The molecular weight excluding hydrogens is 608 g/mol. The molecule has 0 atom stereocenters. The smallest absolute Gasteiger partial charge is 0.414 e. The summed E-state index contributed by atoms with van der Waals surface area (Å²) in [6.07, 6.45) is 7.12. The summed E-state index contributed by atoms with van der Waals surface area (Å²) >= 11 is 0. The molecule has 260 valence electrons. The molecule has 0 unspecified atom stereocenters. The summed E-state index contributed by atoms with van der Waals surface area (Å²) < 4.78 is 4.88. The SMILES string of the molecule is CCC=O.CCOC(=O)CNCc1cccc(CN2CCCC2)c1.NCc1cccc(CN2CCCC2)c1.O=C(O)C(=O)O.O=C=O. The number of esters is 1. The molecule has 2 aromatic rings. The molecule has 0 saturated carbocycles. The maximum Gasteiger partial charge on any atom is 0.414 e. The highest BCUT2D eigenvalue weighted by atomic mass is 16.5. The summed E-state index contributed by atoms with van der Waals surface area (Å²) in [4.78, 5) is 59.9. The van der Waals surface area contributed by atoms with E-state index in [0.29, 0.717) is 26.1 Å². The number of likely N-dealkylation sites (tertiary alicyclic amines) is 2. The lowest BCUT2D eigenvalue weighted by molar-refractivity contribution is -0.191. The molecule has 2 fully saturated rings. The number of nitrogens with two attached hydrogens (primary N) is 1. The maximum atomic E-state index is 11.2. The Kier molecular flexibility index (Phi) is 25.5. The molecule has 2 aromatic carbocycles. The molecule has 2 saturated heterocycles. The lowest BCUT2D eigenvalue weighted by atomic mass is 10.1. The fourth-order valence-corrected chi connectivity index (χ4v) is 4.61. The Morgan fingerprint density at radius 3 is 1.62 bits per heavy atom. The number of carbonyl (C=O) groups excluding carboxylic acids is 4.